The molecule has 0 aliphatic heterocycles. The van der Waals surface area contributed by atoms with Crippen LogP contribution in [0.25, 0.3) is 0 Å². The van der Waals surface area contributed by atoms with E-state index in [9.17, 15) is 29.3 Å². The average molecular weight is 838 g/mol. The van der Waals surface area contributed by atoms with Crippen LogP contribution in [0, 0.1) is 0 Å². The van der Waals surface area contributed by atoms with Crippen molar-refractivity contribution in [2.45, 2.75) is 161 Å². The Morgan fingerprint density at radius 2 is 1.24 bits per heavy atom. The Balaban J connectivity index is 4.57. The minimum Gasteiger partial charge on any atom is -0.756 e. The molecule has 0 aliphatic carbocycles. The molecular weight excluding hydrogens is 757 g/mol. The van der Waals surface area contributed by atoms with Gasteiger partial charge in [-0.1, -0.05) is 157 Å². The molecule has 0 aromatic carbocycles. The number of hydrogen-bond acceptors (Lipinski definition) is 10. The van der Waals surface area contributed by atoms with Gasteiger partial charge >= 0.3 is 11.9 Å². The fraction of sp³-hybridized carbons (Fsp3) is 0.696. The Labute approximate surface area is 352 Å². The molecular formula is C46H80NO10P. The number of rotatable bonds is 38. The van der Waals surface area contributed by atoms with Crippen LogP contribution >= 0.6 is 7.82 Å². The normalized spacial score (nSPS) is 15.4. The lowest BCUT2D eigenvalue weighted by molar-refractivity contribution is -0.870. The fourth-order valence-corrected chi connectivity index (χ4v) is 6.15. The van der Waals surface area contributed by atoms with Crippen molar-refractivity contribution in [3.63, 3.8) is 0 Å². The summed E-state index contributed by atoms with van der Waals surface area (Å²) in [6, 6.07) is 0. The Hall–Kier alpha value is -2.63. The zero-order valence-corrected chi connectivity index (χ0v) is 37.6. The molecule has 0 aliphatic rings. The summed E-state index contributed by atoms with van der Waals surface area (Å²) in [4.78, 5) is 37.5. The Morgan fingerprint density at radius 3 is 1.86 bits per heavy atom. The van der Waals surface area contributed by atoms with Crippen LogP contribution in [0.15, 0.2) is 72.9 Å². The summed E-state index contributed by atoms with van der Waals surface area (Å²) < 4.78 is 33.7. The summed E-state index contributed by atoms with van der Waals surface area (Å²) in [7, 11) is 1.06. The first-order valence-corrected chi connectivity index (χ1v) is 23.3. The standard InChI is InChI=1S/C46H80NO10P/c1-6-7-8-9-10-11-12-13-14-18-21-24-31-36-45(50)54-40-44(41-56-58(52,53)55-39-38-47(3,4)5)57-46(51)37-32-25-22-19-16-15-17-20-23-29-34-43(49)35-30-27-26-28-33-42(2)48/h15-16,20,22-23,25,27-30,33-34,42-44,48-49H,6-14,17-19,21,24,26,31-32,35-41H2,1-5H3/b16-15+,23-20+,25-22+,30-27+,33-28-,34-29-. The van der Waals surface area contributed by atoms with Gasteiger partial charge in [0, 0.05) is 12.8 Å². The molecule has 0 amide bonds. The number of ether oxygens (including phenoxy) is 2. The Bertz CT molecular complexity index is 1250. The number of carbonyl (C=O) groups excluding carboxylic acids is 2. The lowest BCUT2D eigenvalue weighted by atomic mass is 10.0. The topological polar surface area (TPSA) is 152 Å². The van der Waals surface area contributed by atoms with Gasteiger partial charge in [-0.05, 0) is 45.4 Å². The van der Waals surface area contributed by atoms with Gasteiger partial charge in [0.1, 0.15) is 19.8 Å². The van der Waals surface area contributed by atoms with Crippen molar-refractivity contribution in [1.82, 2.24) is 0 Å². The van der Waals surface area contributed by atoms with Gasteiger partial charge in [0.05, 0.1) is 40.0 Å². The highest BCUT2D eigenvalue weighted by molar-refractivity contribution is 7.45. The summed E-state index contributed by atoms with van der Waals surface area (Å²) >= 11 is 0. The van der Waals surface area contributed by atoms with Crippen LogP contribution in [0.3, 0.4) is 0 Å². The molecule has 0 radical (unpaired) electrons. The smallest absolute Gasteiger partial charge is 0.306 e. The molecule has 0 saturated heterocycles. The fourth-order valence-electron chi connectivity index (χ4n) is 5.42. The molecule has 334 valence electrons. The predicted octanol–water partition coefficient (Wildman–Crippen LogP) is 9.55. The summed E-state index contributed by atoms with van der Waals surface area (Å²) in [5.74, 6) is -0.980. The van der Waals surface area contributed by atoms with E-state index in [2.05, 4.69) is 6.92 Å². The van der Waals surface area contributed by atoms with Crippen LogP contribution in [-0.2, 0) is 32.7 Å². The maximum Gasteiger partial charge on any atom is 0.306 e. The SMILES string of the molecule is CCCCCCCCCCCCCCCC(=O)OCC(COP(=O)([O-])OCC[N+](C)(C)C)OC(=O)CC/C=C/C/C=C/C/C=C/C=C\C(O)C/C=C/C/C=C\C(C)O. The minimum atomic E-state index is -4.66. The van der Waals surface area contributed by atoms with E-state index in [0.29, 0.717) is 36.7 Å². The van der Waals surface area contributed by atoms with E-state index in [1.165, 1.54) is 57.8 Å². The van der Waals surface area contributed by atoms with Crippen LogP contribution in [0.2, 0.25) is 0 Å². The maximum atomic E-state index is 12.6. The molecule has 0 heterocycles. The molecule has 4 atom stereocenters. The molecule has 2 N–H and O–H groups in total. The van der Waals surface area contributed by atoms with Gasteiger partial charge in [0.15, 0.2) is 6.10 Å². The maximum absolute atomic E-state index is 12.6. The van der Waals surface area contributed by atoms with Crippen LogP contribution in [0.1, 0.15) is 142 Å². The van der Waals surface area contributed by atoms with Crippen molar-refractivity contribution in [2.24, 2.45) is 0 Å². The zero-order chi connectivity index (χ0) is 43.2. The number of allylic oxidation sites excluding steroid dienone is 9. The molecule has 0 fully saturated rings. The Kier molecular flexibility index (Phi) is 35.7. The number of aliphatic hydroxyl groups is 2. The number of nitrogens with zero attached hydrogens (tertiary/aromatic N) is 1. The predicted molar refractivity (Wildman–Crippen MR) is 234 cm³/mol. The second-order valence-electron chi connectivity index (χ2n) is 15.8. The third-order valence-corrected chi connectivity index (χ3v) is 9.81. The number of phosphoric acid groups is 1. The average Bonchev–Trinajstić information content (AvgIpc) is 3.15. The van der Waals surface area contributed by atoms with E-state index in [-0.39, 0.29) is 26.1 Å². The first-order valence-electron chi connectivity index (χ1n) is 21.8. The number of esters is 2. The van der Waals surface area contributed by atoms with Gasteiger partial charge in [0.25, 0.3) is 7.82 Å². The monoisotopic (exact) mass is 838 g/mol. The number of hydrogen-bond donors (Lipinski definition) is 2. The van der Waals surface area contributed by atoms with Gasteiger partial charge in [-0.15, -0.1) is 0 Å². The van der Waals surface area contributed by atoms with E-state index in [1.807, 2.05) is 81.9 Å². The molecule has 0 rings (SSSR count). The third kappa shape index (κ3) is 41.5. The quantitative estimate of drug-likeness (QED) is 0.0154. The molecule has 0 saturated carbocycles. The second-order valence-corrected chi connectivity index (χ2v) is 17.2. The summed E-state index contributed by atoms with van der Waals surface area (Å²) in [5, 5.41) is 19.2. The molecule has 12 heteroatoms. The van der Waals surface area contributed by atoms with E-state index in [1.54, 1.807) is 19.1 Å². The second kappa shape index (κ2) is 37.4. The number of likely N-dealkylation sites (N-methyl/N-ethyl adjacent to an activating group) is 1. The lowest BCUT2D eigenvalue weighted by Crippen LogP contribution is -2.37. The highest BCUT2D eigenvalue weighted by atomic mass is 31.2. The molecule has 0 bridgehead atoms. The molecule has 0 aromatic heterocycles. The number of quaternary nitrogens is 1. The number of phosphoric ester groups is 1. The van der Waals surface area contributed by atoms with E-state index >= 15 is 0 Å². The zero-order valence-electron chi connectivity index (χ0n) is 36.7. The molecule has 58 heavy (non-hydrogen) atoms. The van der Waals surface area contributed by atoms with Gasteiger partial charge in [-0.2, -0.15) is 0 Å². The largest absolute Gasteiger partial charge is 0.756 e. The van der Waals surface area contributed by atoms with Crippen LogP contribution < -0.4 is 4.89 Å². The van der Waals surface area contributed by atoms with Crippen LogP contribution in [0.4, 0.5) is 0 Å². The van der Waals surface area contributed by atoms with Crippen molar-refractivity contribution >= 4 is 19.8 Å². The van der Waals surface area contributed by atoms with Crippen molar-refractivity contribution in [3.05, 3.63) is 72.9 Å². The summed E-state index contributed by atoms with van der Waals surface area (Å²) in [6.07, 6.45) is 39.7. The molecule has 11 nitrogen and oxygen atoms in total. The molecule has 0 spiro atoms. The van der Waals surface area contributed by atoms with Crippen LogP contribution in [-0.4, -0.2) is 92.5 Å². The van der Waals surface area contributed by atoms with Gasteiger partial charge in [-0.3, -0.25) is 14.2 Å². The molecule has 0 aromatic rings. The molecule has 4 unspecified atom stereocenters. The van der Waals surface area contributed by atoms with Gasteiger partial charge in [0.2, 0.25) is 0 Å². The van der Waals surface area contributed by atoms with Crippen molar-refractivity contribution in [2.75, 3.05) is 47.5 Å². The van der Waals surface area contributed by atoms with Crippen molar-refractivity contribution in [3.8, 4) is 0 Å². The van der Waals surface area contributed by atoms with Crippen molar-refractivity contribution in [1.29, 1.82) is 0 Å². The van der Waals surface area contributed by atoms with E-state index in [4.69, 9.17) is 18.5 Å². The number of aliphatic hydroxyl groups excluding tert-OH is 2. The van der Waals surface area contributed by atoms with E-state index in [0.717, 1.165) is 32.1 Å². The first kappa shape index (κ1) is 55.4. The van der Waals surface area contributed by atoms with Gasteiger partial charge < -0.3 is 38.1 Å². The Morgan fingerprint density at radius 1 is 0.672 bits per heavy atom. The van der Waals surface area contributed by atoms with E-state index < -0.39 is 44.7 Å². The summed E-state index contributed by atoms with van der Waals surface area (Å²) in [5.41, 5.74) is 0. The highest BCUT2D eigenvalue weighted by Gasteiger charge is 2.21. The summed E-state index contributed by atoms with van der Waals surface area (Å²) in [6.45, 7) is 3.50. The van der Waals surface area contributed by atoms with Gasteiger partial charge in [-0.25, -0.2) is 0 Å². The lowest BCUT2D eigenvalue weighted by Gasteiger charge is -2.28. The van der Waals surface area contributed by atoms with Crippen molar-refractivity contribution < 1.29 is 52.3 Å². The first-order chi connectivity index (χ1) is 27.7. The third-order valence-electron chi connectivity index (χ3n) is 8.85. The highest BCUT2D eigenvalue weighted by Crippen LogP contribution is 2.38. The van der Waals surface area contributed by atoms with Crippen LogP contribution in [0.5, 0.6) is 0 Å². The number of unbranched alkanes of at least 4 members (excludes halogenated alkanes) is 12. The number of carbonyl (C=O) groups is 2. The minimum absolute atomic E-state index is 0.0611.